The summed E-state index contributed by atoms with van der Waals surface area (Å²) in [7, 11) is 0. The van der Waals surface area contributed by atoms with Gasteiger partial charge in [0.15, 0.2) is 5.96 Å². The first-order valence-electron chi connectivity index (χ1n) is 8.37. The quantitative estimate of drug-likeness (QED) is 0.162. The maximum Gasteiger partial charge on any atom is 0.223 e. The van der Waals surface area contributed by atoms with Gasteiger partial charge < -0.3 is 16.0 Å². The van der Waals surface area contributed by atoms with E-state index >= 15 is 0 Å². The lowest BCUT2D eigenvalue weighted by Crippen LogP contribution is -2.39. The molecule has 0 bridgehead atoms. The lowest BCUT2D eigenvalue weighted by atomic mass is 10.4. The van der Waals surface area contributed by atoms with Crippen molar-refractivity contribution in [2.75, 3.05) is 31.9 Å². The smallest absolute Gasteiger partial charge is 0.223 e. The number of amides is 1. The number of benzene rings is 1. The van der Waals surface area contributed by atoms with Crippen LogP contribution in [-0.4, -0.2) is 43.8 Å². The number of hydrogen-bond acceptors (Lipinski definition) is 3. The Morgan fingerprint density at radius 2 is 1.92 bits per heavy atom. The summed E-state index contributed by atoms with van der Waals surface area (Å²) < 4.78 is 0. The Labute approximate surface area is 176 Å². The van der Waals surface area contributed by atoms with Gasteiger partial charge in [-0.05, 0) is 44.0 Å². The molecule has 1 saturated carbocycles. The van der Waals surface area contributed by atoms with Crippen LogP contribution in [0.15, 0.2) is 34.2 Å². The summed E-state index contributed by atoms with van der Waals surface area (Å²) in [4.78, 5) is 17.2. The predicted octanol–water partition coefficient (Wildman–Crippen LogP) is 3.13. The summed E-state index contributed by atoms with van der Waals surface area (Å²) in [5.74, 6) is 2.15. The van der Waals surface area contributed by atoms with Gasteiger partial charge in [-0.15, -0.1) is 35.7 Å². The summed E-state index contributed by atoms with van der Waals surface area (Å²) in [6, 6.07) is 7.85. The topological polar surface area (TPSA) is 65.5 Å². The van der Waals surface area contributed by atoms with Gasteiger partial charge in [0.05, 0.1) is 6.54 Å². The van der Waals surface area contributed by atoms with E-state index in [2.05, 4.69) is 20.9 Å². The molecule has 3 N–H and O–H groups in total. The number of carbonyl (C=O) groups is 1. The zero-order valence-corrected chi connectivity index (χ0v) is 18.3. The summed E-state index contributed by atoms with van der Waals surface area (Å²) in [6.07, 6.45) is 2.06. The molecule has 140 valence electrons. The standard InChI is InChI=1S/C17H25ClN4OS.HI/c1-2-19-17(21-10-9-20-16(23)13-3-4-13)22-11-12-24-15-7-5-14(18)6-8-15;/h5-8,13H,2-4,9-12H2,1H3,(H,20,23)(H2,19,21,22);1H. The fourth-order valence-electron chi connectivity index (χ4n) is 2.05. The molecule has 0 spiro atoms. The van der Waals surface area contributed by atoms with E-state index in [9.17, 15) is 4.79 Å². The molecule has 1 aromatic carbocycles. The van der Waals surface area contributed by atoms with Crippen LogP contribution in [-0.2, 0) is 4.79 Å². The molecule has 1 aliphatic carbocycles. The van der Waals surface area contributed by atoms with Gasteiger partial charge in [-0.3, -0.25) is 9.79 Å². The van der Waals surface area contributed by atoms with Crippen LogP contribution in [0.25, 0.3) is 0 Å². The number of aliphatic imine (C=N–C) groups is 1. The highest BCUT2D eigenvalue weighted by Crippen LogP contribution is 2.28. The van der Waals surface area contributed by atoms with Crippen LogP contribution in [0.2, 0.25) is 5.02 Å². The first kappa shape index (κ1) is 22.4. The molecule has 1 fully saturated rings. The number of halogens is 2. The molecule has 5 nitrogen and oxygen atoms in total. The molecule has 1 aliphatic rings. The van der Waals surface area contributed by atoms with Gasteiger partial charge in [-0.25, -0.2) is 0 Å². The molecule has 8 heteroatoms. The van der Waals surface area contributed by atoms with Crippen molar-refractivity contribution in [2.24, 2.45) is 10.9 Å². The first-order chi connectivity index (χ1) is 11.7. The number of guanidine groups is 1. The van der Waals surface area contributed by atoms with Crippen LogP contribution in [0.3, 0.4) is 0 Å². The average molecular weight is 497 g/mol. The zero-order valence-electron chi connectivity index (χ0n) is 14.4. The number of nitrogens with one attached hydrogen (secondary N) is 3. The van der Waals surface area contributed by atoms with Gasteiger partial charge in [0, 0.05) is 41.2 Å². The number of nitrogens with zero attached hydrogens (tertiary/aromatic N) is 1. The molecular formula is C17H26ClIN4OS. The van der Waals surface area contributed by atoms with Gasteiger partial charge in [0.25, 0.3) is 0 Å². The largest absolute Gasteiger partial charge is 0.357 e. The first-order valence-corrected chi connectivity index (χ1v) is 9.73. The SMILES string of the molecule is CCNC(=NCCNC(=O)C1CC1)NCCSc1ccc(Cl)cc1.I. The molecule has 0 aromatic heterocycles. The Morgan fingerprint density at radius 3 is 2.56 bits per heavy atom. The summed E-state index contributed by atoms with van der Waals surface area (Å²) in [5.41, 5.74) is 0. The van der Waals surface area contributed by atoms with E-state index in [4.69, 9.17) is 11.6 Å². The second kappa shape index (κ2) is 12.6. The highest BCUT2D eigenvalue weighted by atomic mass is 127. The van der Waals surface area contributed by atoms with E-state index in [0.717, 1.165) is 42.7 Å². The van der Waals surface area contributed by atoms with Crippen LogP contribution >= 0.6 is 47.3 Å². The zero-order chi connectivity index (χ0) is 17.2. The summed E-state index contributed by atoms with van der Waals surface area (Å²) in [5, 5.41) is 10.2. The lowest BCUT2D eigenvalue weighted by Gasteiger charge is -2.11. The minimum absolute atomic E-state index is 0. The highest BCUT2D eigenvalue weighted by molar-refractivity contribution is 14.0. The molecule has 1 amide bonds. The van der Waals surface area contributed by atoms with Crippen molar-refractivity contribution in [2.45, 2.75) is 24.7 Å². The molecule has 0 radical (unpaired) electrons. The van der Waals surface area contributed by atoms with Crippen LogP contribution in [0.5, 0.6) is 0 Å². The maximum absolute atomic E-state index is 11.5. The van der Waals surface area contributed by atoms with E-state index in [0.29, 0.717) is 13.1 Å². The number of rotatable bonds is 9. The van der Waals surface area contributed by atoms with Crippen molar-refractivity contribution in [3.63, 3.8) is 0 Å². The van der Waals surface area contributed by atoms with Crippen molar-refractivity contribution < 1.29 is 4.79 Å². The van der Waals surface area contributed by atoms with Crippen molar-refractivity contribution in [3.8, 4) is 0 Å². The minimum atomic E-state index is 0. The monoisotopic (exact) mass is 496 g/mol. The van der Waals surface area contributed by atoms with Gasteiger partial charge in [-0.2, -0.15) is 0 Å². The number of thioether (sulfide) groups is 1. The Balaban J connectivity index is 0.00000312. The summed E-state index contributed by atoms with van der Waals surface area (Å²) >= 11 is 7.65. The molecule has 25 heavy (non-hydrogen) atoms. The van der Waals surface area contributed by atoms with E-state index < -0.39 is 0 Å². The number of hydrogen-bond donors (Lipinski definition) is 3. The molecule has 0 unspecified atom stereocenters. The predicted molar refractivity (Wildman–Crippen MR) is 117 cm³/mol. The fourth-order valence-corrected chi connectivity index (χ4v) is 2.94. The van der Waals surface area contributed by atoms with E-state index in [1.54, 1.807) is 11.8 Å². The average Bonchev–Trinajstić information content (AvgIpc) is 3.41. The lowest BCUT2D eigenvalue weighted by molar-refractivity contribution is -0.122. The highest BCUT2D eigenvalue weighted by Gasteiger charge is 2.28. The van der Waals surface area contributed by atoms with E-state index in [1.165, 1.54) is 4.90 Å². The minimum Gasteiger partial charge on any atom is -0.357 e. The Hall–Kier alpha value is -0.670. The molecule has 0 aliphatic heterocycles. The normalized spacial score (nSPS) is 13.8. The molecular weight excluding hydrogens is 471 g/mol. The molecule has 2 rings (SSSR count). The Kier molecular flexibility index (Phi) is 11.3. The van der Waals surface area contributed by atoms with Crippen LogP contribution in [0.4, 0.5) is 0 Å². The second-order valence-electron chi connectivity index (χ2n) is 5.56. The van der Waals surface area contributed by atoms with Crippen molar-refractivity contribution in [1.29, 1.82) is 0 Å². The maximum atomic E-state index is 11.5. The van der Waals surface area contributed by atoms with Crippen molar-refractivity contribution in [3.05, 3.63) is 29.3 Å². The van der Waals surface area contributed by atoms with Crippen molar-refractivity contribution in [1.82, 2.24) is 16.0 Å². The Bertz CT molecular complexity index is 552. The molecule has 1 aromatic rings. The second-order valence-corrected chi connectivity index (χ2v) is 7.16. The Morgan fingerprint density at radius 1 is 1.20 bits per heavy atom. The third kappa shape index (κ3) is 9.55. The van der Waals surface area contributed by atoms with E-state index in [1.807, 2.05) is 31.2 Å². The van der Waals surface area contributed by atoms with Crippen LogP contribution in [0.1, 0.15) is 19.8 Å². The third-order valence-electron chi connectivity index (χ3n) is 3.45. The van der Waals surface area contributed by atoms with Crippen molar-refractivity contribution >= 4 is 59.2 Å². The van der Waals surface area contributed by atoms with Crippen LogP contribution < -0.4 is 16.0 Å². The van der Waals surface area contributed by atoms with Gasteiger partial charge in [-0.1, -0.05) is 11.6 Å². The fraction of sp³-hybridized carbons (Fsp3) is 0.529. The molecule has 0 heterocycles. The third-order valence-corrected chi connectivity index (χ3v) is 4.72. The molecule has 0 saturated heterocycles. The number of carbonyl (C=O) groups excluding carboxylic acids is 1. The van der Waals surface area contributed by atoms with Crippen LogP contribution in [0, 0.1) is 5.92 Å². The summed E-state index contributed by atoms with van der Waals surface area (Å²) in [6.45, 7) is 4.83. The van der Waals surface area contributed by atoms with E-state index in [-0.39, 0.29) is 35.8 Å². The molecule has 0 atom stereocenters. The van der Waals surface area contributed by atoms with Gasteiger partial charge in [0.2, 0.25) is 5.91 Å². The van der Waals surface area contributed by atoms with Gasteiger partial charge in [0.1, 0.15) is 0 Å². The van der Waals surface area contributed by atoms with Gasteiger partial charge >= 0.3 is 0 Å².